The summed E-state index contributed by atoms with van der Waals surface area (Å²) in [5, 5.41) is 11.2. The summed E-state index contributed by atoms with van der Waals surface area (Å²) in [6, 6.07) is 14.5. The van der Waals surface area contributed by atoms with Crippen molar-refractivity contribution in [1.29, 1.82) is 0 Å². The first-order chi connectivity index (χ1) is 18.3. The molecule has 1 saturated heterocycles. The zero-order valence-electron chi connectivity index (χ0n) is 21.5. The fourth-order valence-corrected chi connectivity index (χ4v) is 4.54. The van der Waals surface area contributed by atoms with E-state index in [1.165, 1.54) is 50.5 Å². The van der Waals surface area contributed by atoms with Crippen molar-refractivity contribution in [2.45, 2.75) is 12.5 Å². The van der Waals surface area contributed by atoms with Crippen molar-refractivity contribution in [2.75, 3.05) is 35.0 Å². The third kappa shape index (κ3) is 5.00. The molecule has 1 fully saturated rings. The number of aliphatic hydroxyl groups excluding tert-OH is 1. The number of nitrogens with zero attached hydrogens (tertiary/aromatic N) is 1. The van der Waals surface area contributed by atoms with Crippen LogP contribution in [-0.4, -0.2) is 56.7 Å². The van der Waals surface area contributed by atoms with Crippen molar-refractivity contribution < 1.29 is 38.0 Å². The van der Waals surface area contributed by atoms with Gasteiger partial charge in [-0.25, -0.2) is 4.39 Å². The first-order valence-electron chi connectivity index (χ1n) is 11.8. The van der Waals surface area contributed by atoms with Crippen LogP contribution in [0, 0.1) is 5.82 Å². The van der Waals surface area contributed by atoms with Gasteiger partial charge in [-0.2, -0.15) is 0 Å². The maximum Gasteiger partial charge on any atom is 0.295 e. The first-order valence-corrected chi connectivity index (χ1v) is 11.8. The molecular formula is C29H28FNO7. The summed E-state index contributed by atoms with van der Waals surface area (Å²) in [6.07, 6.45) is 0.382. The lowest BCUT2D eigenvalue weighted by Gasteiger charge is -2.27. The number of halogens is 1. The zero-order chi connectivity index (χ0) is 27.4. The highest BCUT2D eigenvalue weighted by atomic mass is 19.1. The molecule has 1 aliphatic heterocycles. The lowest BCUT2D eigenvalue weighted by Crippen LogP contribution is -2.32. The summed E-state index contributed by atoms with van der Waals surface area (Å²) >= 11 is 0. The van der Waals surface area contributed by atoms with Crippen LogP contribution >= 0.6 is 0 Å². The molecule has 0 aliphatic carbocycles. The molecule has 1 amide bonds. The van der Waals surface area contributed by atoms with E-state index in [2.05, 4.69) is 0 Å². The second kappa shape index (κ2) is 11.2. The number of carbonyl (C=O) groups is 2. The number of amides is 1. The third-order valence-electron chi connectivity index (χ3n) is 6.48. The maximum atomic E-state index is 13.5. The Bertz CT molecular complexity index is 1380. The van der Waals surface area contributed by atoms with Crippen LogP contribution in [0.1, 0.15) is 22.7 Å². The van der Waals surface area contributed by atoms with Crippen LogP contribution in [0.2, 0.25) is 0 Å². The number of ether oxygens (including phenoxy) is 4. The van der Waals surface area contributed by atoms with Gasteiger partial charge in [0.1, 0.15) is 23.1 Å². The summed E-state index contributed by atoms with van der Waals surface area (Å²) in [5.74, 6) is -0.550. The van der Waals surface area contributed by atoms with Gasteiger partial charge in [0.25, 0.3) is 11.7 Å². The van der Waals surface area contributed by atoms with Gasteiger partial charge in [0, 0.05) is 17.7 Å². The lowest BCUT2D eigenvalue weighted by molar-refractivity contribution is -0.139. The van der Waals surface area contributed by atoms with E-state index in [1.807, 2.05) is 6.07 Å². The Morgan fingerprint density at radius 1 is 0.842 bits per heavy atom. The van der Waals surface area contributed by atoms with Gasteiger partial charge in [0.15, 0.2) is 11.5 Å². The number of aliphatic hydroxyl groups is 1. The van der Waals surface area contributed by atoms with Crippen LogP contribution in [0.25, 0.3) is 5.76 Å². The Kier molecular flexibility index (Phi) is 7.85. The summed E-state index contributed by atoms with van der Waals surface area (Å²) in [7, 11) is 6.05. The number of hydrogen-bond acceptors (Lipinski definition) is 7. The van der Waals surface area contributed by atoms with Gasteiger partial charge in [-0.3, -0.25) is 9.59 Å². The molecule has 38 heavy (non-hydrogen) atoms. The Balaban J connectivity index is 1.82. The fraction of sp³-hybridized carbons (Fsp3) is 0.241. The minimum absolute atomic E-state index is 0.125. The minimum atomic E-state index is -0.981. The van der Waals surface area contributed by atoms with E-state index in [1.54, 1.807) is 37.4 Å². The van der Waals surface area contributed by atoms with E-state index >= 15 is 0 Å². The molecule has 1 atom stereocenters. The molecule has 3 aromatic carbocycles. The molecule has 0 saturated carbocycles. The molecule has 9 heteroatoms. The van der Waals surface area contributed by atoms with Gasteiger partial charge < -0.3 is 29.0 Å². The van der Waals surface area contributed by atoms with Crippen LogP contribution in [0.3, 0.4) is 0 Å². The molecular weight excluding hydrogens is 493 g/mol. The highest BCUT2D eigenvalue weighted by molar-refractivity contribution is 6.46. The number of rotatable bonds is 9. The normalized spacial score (nSPS) is 16.4. The summed E-state index contributed by atoms with van der Waals surface area (Å²) in [6.45, 7) is 0.144. The average Bonchev–Trinajstić information content (AvgIpc) is 3.20. The molecule has 3 aromatic rings. The number of hydrogen-bond donors (Lipinski definition) is 1. The number of benzene rings is 3. The fourth-order valence-electron chi connectivity index (χ4n) is 4.54. The molecule has 0 spiro atoms. The van der Waals surface area contributed by atoms with E-state index in [4.69, 9.17) is 18.9 Å². The van der Waals surface area contributed by atoms with Gasteiger partial charge in [-0.15, -0.1) is 0 Å². The molecule has 0 radical (unpaired) electrons. The van der Waals surface area contributed by atoms with Crippen molar-refractivity contribution in [3.05, 3.63) is 88.7 Å². The maximum absolute atomic E-state index is 13.5. The molecule has 8 nitrogen and oxygen atoms in total. The van der Waals surface area contributed by atoms with Crippen molar-refractivity contribution in [3.63, 3.8) is 0 Å². The zero-order valence-corrected chi connectivity index (χ0v) is 21.5. The molecule has 1 unspecified atom stereocenters. The number of Topliss-reactive ketones (excluding diaryl/α,β-unsaturated/α-hetero) is 1. The number of methoxy groups -OCH3 is 4. The molecule has 1 N–H and O–H groups in total. The predicted molar refractivity (Wildman–Crippen MR) is 138 cm³/mol. The Morgan fingerprint density at radius 3 is 2.13 bits per heavy atom. The van der Waals surface area contributed by atoms with E-state index in [-0.39, 0.29) is 17.7 Å². The summed E-state index contributed by atoms with van der Waals surface area (Å²) in [5.41, 5.74) is 1.39. The Labute approximate surface area is 219 Å². The average molecular weight is 522 g/mol. The van der Waals surface area contributed by atoms with E-state index in [0.717, 1.165) is 5.56 Å². The number of likely N-dealkylation sites (tertiary alicyclic amines) is 1. The molecule has 1 aliphatic rings. The summed E-state index contributed by atoms with van der Waals surface area (Å²) in [4.78, 5) is 28.1. The monoisotopic (exact) mass is 521 g/mol. The van der Waals surface area contributed by atoms with Gasteiger partial charge in [0.05, 0.1) is 40.1 Å². The van der Waals surface area contributed by atoms with Crippen molar-refractivity contribution in [1.82, 2.24) is 4.90 Å². The van der Waals surface area contributed by atoms with Crippen LogP contribution < -0.4 is 18.9 Å². The number of carbonyl (C=O) groups excluding carboxylic acids is 2. The second-order valence-electron chi connectivity index (χ2n) is 8.55. The molecule has 0 bridgehead atoms. The first kappa shape index (κ1) is 26.5. The quantitative estimate of drug-likeness (QED) is 0.251. The van der Waals surface area contributed by atoms with Crippen molar-refractivity contribution in [3.8, 4) is 23.0 Å². The minimum Gasteiger partial charge on any atom is -0.507 e. The Hall–Kier alpha value is -4.53. The predicted octanol–water partition coefficient (Wildman–Crippen LogP) is 4.52. The van der Waals surface area contributed by atoms with Gasteiger partial charge in [-0.1, -0.05) is 6.07 Å². The molecule has 1 heterocycles. The highest BCUT2D eigenvalue weighted by Crippen LogP contribution is 2.44. The molecule has 198 valence electrons. The molecule has 4 rings (SSSR count). The lowest BCUT2D eigenvalue weighted by atomic mass is 9.94. The SMILES string of the molecule is COc1ccc(OC)c(C2/C(=C(/O)c3ccc(F)cc3)C(=O)C(=O)N2CCc2ccc(OC)c(OC)c2)c1. The van der Waals surface area contributed by atoms with Gasteiger partial charge >= 0.3 is 0 Å². The van der Waals surface area contributed by atoms with Crippen LogP contribution in [-0.2, 0) is 16.0 Å². The van der Waals surface area contributed by atoms with E-state index in [9.17, 15) is 19.1 Å². The standard InChI is InChI=1S/C29H28FNO7/c1-35-20-10-12-22(36-2)21(16-20)26-25(27(32)18-6-8-19(30)9-7-18)28(33)29(34)31(26)14-13-17-5-11-23(37-3)24(15-17)38-4/h5-12,15-16,26,32H,13-14H2,1-4H3/b27-25-. The third-order valence-corrected chi connectivity index (χ3v) is 6.48. The topological polar surface area (TPSA) is 94.5 Å². The Morgan fingerprint density at radius 2 is 1.50 bits per heavy atom. The van der Waals surface area contributed by atoms with E-state index in [0.29, 0.717) is 35.0 Å². The van der Waals surface area contributed by atoms with Crippen molar-refractivity contribution >= 4 is 17.4 Å². The van der Waals surface area contributed by atoms with E-state index < -0.39 is 29.3 Å². The number of ketones is 1. The summed E-state index contributed by atoms with van der Waals surface area (Å²) < 4.78 is 35.2. The van der Waals surface area contributed by atoms with Crippen LogP contribution in [0.15, 0.2) is 66.2 Å². The van der Waals surface area contributed by atoms with Crippen LogP contribution in [0.5, 0.6) is 23.0 Å². The molecule has 0 aromatic heterocycles. The van der Waals surface area contributed by atoms with Crippen LogP contribution in [0.4, 0.5) is 4.39 Å². The van der Waals surface area contributed by atoms with Gasteiger partial charge in [0.2, 0.25) is 0 Å². The van der Waals surface area contributed by atoms with Gasteiger partial charge in [-0.05, 0) is 66.6 Å². The van der Waals surface area contributed by atoms with Crippen molar-refractivity contribution in [2.24, 2.45) is 0 Å². The second-order valence-corrected chi connectivity index (χ2v) is 8.55. The highest BCUT2D eigenvalue weighted by Gasteiger charge is 2.47. The smallest absolute Gasteiger partial charge is 0.295 e. The largest absolute Gasteiger partial charge is 0.507 e.